The molecule has 0 fully saturated rings. The molecule has 0 aliphatic heterocycles. The van der Waals surface area contributed by atoms with Crippen molar-refractivity contribution < 1.29 is 0 Å². The Morgan fingerprint density at radius 2 is 1.47 bits per heavy atom. The van der Waals surface area contributed by atoms with Gasteiger partial charge in [0.1, 0.15) is 5.84 Å². The first kappa shape index (κ1) is 11.4. The molecule has 1 atom stereocenters. The fourth-order valence-electron chi connectivity index (χ4n) is 1.70. The van der Waals surface area contributed by atoms with E-state index in [1.807, 2.05) is 55.5 Å². The minimum atomic E-state index is 0.0800. The van der Waals surface area contributed by atoms with Crippen molar-refractivity contribution in [1.82, 2.24) is 0 Å². The number of amidine groups is 1. The van der Waals surface area contributed by atoms with Gasteiger partial charge in [-0.2, -0.15) is 0 Å². The van der Waals surface area contributed by atoms with E-state index in [1.54, 1.807) is 0 Å². The van der Waals surface area contributed by atoms with Crippen molar-refractivity contribution in [2.75, 3.05) is 0 Å². The zero-order valence-electron chi connectivity index (χ0n) is 9.88. The van der Waals surface area contributed by atoms with Crippen LogP contribution < -0.4 is 5.73 Å². The highest BCUT2D eigenvalue weighted by atomic mass is 14.9. The maximum absolute atomic E-state index is 5.98. The number of rotatable bonds is 3. The summed E-state index contributed by atoms with van der Waals surface area (Å²) in [6.45, 7) is 2.05. The van der Waals surface area contributed by atoms with E-state index in [9.17, 15) is 0 Å². The van der Waals surface area contributed by atoms with E-state index in [4.69, 9.17) is 5.73 Å². The van der Waals surface area contributed by atoms with Gasteiger partial charge in [-0.05, 0) is 12.5 Å². The van der Waals surface area contributed by atoms with Gasteiger partial charge >= 0.3 is 0 Å². The third kappa shape index (κ3) is 2.94. The van der Waals surface area contributed by atoms with E-state index in [-0.39, 0.29) is 6.04 Å². The fraction of sp³-hybridized carbons (Fsp3) is 0.133. The van der Waals surface area contributed by atoms with Gasteiger partial charge in [0.05, 0.1) is 6.04 Å². The highest BCUT2D eigenvalue weighted by Crippen LogP contribution is 2.16. The van der Waals surface area contributed by atoms with Crippen LogP contribution in [0.3, 0.4) is 0 Å². The average Bonchev–Trinajstić information content (AvgIpc) is 2.40. The first-order valence-corrected chi connectivity index (χ1v) is 5.71. The van der Waals surface area contributed by atoms with Crippen LogP contribution in [-0.4, -0.2) is 5.84 Å². The highest BCUT2D eigenvalue weighted by molar-refractivity contribution is 5.97. The molecule has 0 radical (unpaired) electrons. The molecule has 1 unspecified atom stereocenters. The Kier molecular flexibility index (Phi) is 3.55. The van der Waals surface area contributed by atoms with Crippen LogP contribution in [0.15, 0.2) is 65.7 Å². The minimum Gasteiger partial charge on any atom is -0.383 e. The second kappa shape index (κ2) is 5.30. The molecule has 2 heteroatoms. The van der Waals surface area contributed by atoms with Crippen LogP contribution >= 0.6 is 0 Å². The number of hydrogen-bond acceptors (Lipinski definition) is 1. The van der Waals surface area contributed by atoms with Crippen molar-refractivity contribution in [3.8, 4) is 0 Å². The SMILES string of the molecule is CC(N=C(N)c1ccccc1)c1ccccc1. The molecule has 0 saturated carbocycles. The molecule has 0 heterocycles. The Morgan fingerprint density at radius 1 is 0.941 bits per heavy atom. The Hall–Kier alpha value is -2.09. The van der Waals surface area contributed by atoms with Crippen LogP contribution in [0.2, 0.25) is 0 Å². The smallest absolute Gasteiger partial charge is 0.126 e. The van der Waals surface area contributed by atoms with Crippen molar-refractivity contribution in [3.63, 3.8) is 0 Å². The van der Waals surface area contributed by atoms with Crippen molar-refractivity contribution in [3.05, 3.63) is 71.8 Å². The number of nitrogens with zero attached hydrogens (tertiary/aromatic N) is 1. The molecule has 2 rings (SSSR count). The van der Waals surface area contributed by atoms with E-state index in [0.29, 0.717) is 5.84 Å². The van der Waals surface area contributed by atoms with Crippen LogP contribution in [0.5, 0.6) is 0 Å². The summed E-state index contributed by atoms with van der Waals surface area (Å²) in [6, 6.07) is 20.1. The van der Waals surface area contributed by atoms with Crippen LogP contribution in [0.25, 0.3) is 0 Å². The summed E-state index contributed by atoms with van der Waals surface area (Å²) in [4.78, 5) is 4.51. The zero-order valence-corrected chi connectivity index (χ0v) is 9.88. The van der Waals surface area contributed by atoms with Crippen molar-refractivity contribution in [2.24, 2.45) is 10.7 Å². The molecule has 0 saturated heterocycles. The van der Waals surface area contributed by atoms with Crippen molar-refractivity contribution in [2.45, 2.75) is 13.0 Å². The fourth-order valence-corrected chi connectivity index (χ4v) is 1.70. The lowest BCUT2D eigenvalue weighted by molar-refractivity contribution is 0.818. The Bertz CT molecular complexity index is 489. The summed E-state index contributed by atoms with van der Waals surface area (Å²) in [5.74, 6) is 0.585. The zero-order chi connectivity index (χ0) is 12.1. The molecule has 2 aromatic carbocycles. The number of aliphatic imine (C=N–C) groups is 1. The topological polar surface area (TPSA) is 38.4 Å². The second-order valence-corrected chi connectivity index (χ2v) is 3.97. The van der Waals surface area contributed by atoms with Gasteiger partial charge in [0.25, 0.3) is 0 Å². The summed E-state index contributed by atoms with van der Waals surface area (Å²) in [7, 11) is 0. The first-order chi connectivity index (χ1) is 8.27. The summed E-state index contributed by atoms with van der Waals surface area (Å²) < 4.78 is 0. The van der Waals surface area contributed by atoms with Gasteiger partial charge in [-0.15, -0.1) is 0 Å². The van der Waals surface area contributed by atoms with Gasteiger partial charge in [0.15, 0.2) is 0 Å². The molecule has 0 aliphatic rings. The van der Waals surface area contributed by atoms with Gasteiger partial charge in [-0.1, -0.05) is 60.7 Å². The average molecular weight is 224 g/mol. The molecule has 0 aromatic heterocycles. The maximum Gasteiger partial charge on any atom is 0.126 e. The Labute approximate surface area is 102 Å². The standard InChI is InChI=1S/C15H16N2/c1-12(13-8-4-2-5-9-13)17-15(16)14-10-6-3-7-11-14/h2-12H,1H3,(H2,16,17). The molecule has 17 heavy (non-hydrogen) atoms. The number of hydrogen-bond donors (Lipinski definition) is 1. The van der Waals surface area contributed by atoms with E-state index in [1.165, 1.54) is 5.56 Å². The molecule has 0 amide bonds. The largest absolute Gasteiger partial charge is 0.383 e. The molecule has 2 N–H and O–H groups in total. The lowest BCUT2D eigenvalue weighted by Gasteiger charge is -2.08. The quantitative estimate of drug-likeness (QED) is 0.631. The Morgan fingerprint density at radius 3 is 2.06 bits per heavy atom. The molecule has 86 valence electrons. The van der Waals surface area contributed by atoms with E-state index >= 15 is 0 Å². The Balaban J connectivity index is 2.20. The molecular formula is C15H16N2. The van der Waals surface area contributed by atoms with Crippen LogP contribution in [0.1, 0.15) is 24.1 Å². The molecular weight excluding hydrogens is 208 g/mol. The van der Waals surface area contributed by atoms with E-state index < -0.39 is 0 Å². The summed E-state index contributed by atoms with van der Waals surface area (Å²) in [5, 5.41) is 0. The van der Waals surface area contributed by atoms with Gasteiger partial charge in [-0.25, -0.2) is 0 Å². The van der Waals surface area contributed by atoms with Gasteiger partial charge in [0.2, 0.25) is 0 Å². The predicted octanol–water partition coefficient (Wildman–Crippen LogP) is 3.15. The van der Waals surface area contributed by atoms with Gasteiger partial charge < -0.3 is 5.73 Å². The normalized spacial score (nSPS) is 13.4. The lowest BCUT2D eigenvalue weighted by atomic mass is 10.1. The second-order valence-electron chi connectivity index (χ2n) is 3.97. The third-order valence-electron chi connectivity index (χ3n) is 2.68. The number of benzene rings is 2. The van der Waals surface area contributed by atoms with E-state index in [2.05, 4.69) is 17.1 Å². The summed E-state index contributed by atoms with van der Waals surface area (Å²) >= 11 is 0. The molecule has 0 bridgehead atoms. The molecule has 2 aromatic rings. The van der Waals surface area contributed by atoms with Gasteiger partial charge in [0, 0.05) is 5.56 Å². The van der Waals surface area contributed by atoms with Crippen molar-refractivity contribution in [1.29, 1.82) is 0 Å². The molecule has 2 nitrogen and oxygen atoms in total. The predicted molar refractivity (Wildman–Crippen MR) is 72.0 cm³/mol. The summed E-state index contributed by atoms with van der Waals surface area (Å²) in [6.07, 6.45) is 0. The van der Waals surface area contributed by atoms with Crippen LogP contribution in [0, 0.1) is 0 Å². The molecule has 0 aliphatic carbocycles. The highest BCUT2D eigenvalue weighted by Gasteiger charge is 2.04. The third-order valence-corrected chi connectivity index (χ3v) is 2.68. The van der Waals surface area contributed by atoms with Gasteiger partial charge in [-0.3, -0.25) is 4.99 Å². The van der Waals surface area contributed by atoms with Crippen LogP contribution in [-0.2, 0) is 0 Å². The van der Waals surface area contributed by atoms with E-state index in [0.717, 1.165) is 5.56 Å². The first-order valence-electron chi connectivity index (χ1n) is 5.71. The monoisotopic (exact) mass is 224 g/mol. The summed E-state index contributed by atoms with van der Waals surface area (Å²) in [5.41, 5.74) is 8.12. The number of nitrogens with two attached hydrogens (primary N) is 1. The minimum absolute atomic E-state index is 0.0800. The maximum atomic E-state index is 5.98. The molecule has 0 spiro atoms. The van der Waals surface area contributed by atoms with Crippen LogP contribution in [0.4, 0.5) is 0 Å². The lowest BCUT2D eigenvalue weighted by Crippen LogP contribution is -2.14. The van der Waals surface area contributed by atoms with Crippen molar-refractivity contribution >= 4 is 5.84 Å².